The minimum atomic E-state index is -4.50. The maximum atomic E-state index is 12.8. The van der Waals surface area contributed by atoms with Crippen LogP contribution in [0.2, 0.25) is 5.02 Å². The number of hydrogen-bond donors (Lipinski definition) is 1. The Hall–Kier alpha value is -2.32. The standard InChI is InChI=1S/C18H18ClF3N4O/c19-15-5-4-13(18(20,21)22)11-16(15)24-17(27)26-9-7-25(8-10-26)12-14-3-1-2-6-23-14/h1-6,11H,7-10,12H2,(H,24,27). The Bertz CT molecular complexity index is 793. The molecule has 2 heterocycles. The minimum Gasteiger partial charge on any atom is -0.322 e. The van der Waals surface area contributed by atoms with Crippen LogP contribution in [-0.4, -0.2) is 47.0 Å². The second kappa shape index (κ2) is 8.14. The predicted molar refractivity (Wildman–Crippen MR) is 96.6 cm³/mol. The number of carbonyl (C=O) groups is 1. The van der Waals surface area contributed by atoms with Gasteiger partial charge in [0.1, 0.15) is 0 Å². The van der Waals surface area contributed by atoms with Gasteiger partial charge in [-0.25, -0.2) is 4.79 Å². The molecule has 5 nitrogen and oxygen atoms in total. The van der Waals surface area contributed by atoms with Crippen molar-refractivity contribution in [2.24, 2.45) is 0 Å². The molecular formula is C18H18ClF3N4O. The lowest BCUT2D eigenvalue weighted by atomic mass is 10.2. The molecule has 2 aromatic rings. The summed E-state index contributed by atoms with van der Waals surface area (Å²) in [6, 6.07) is 8.11. The average Bonchev–Trinajstić information content (AvgIpc) is 2.64. The molecule has 0 spiro atoms. The summed E-state index contributed by atoms with van der Waals surface area (Å²) in [6.45, 7) is 2.93. The molecule has 0 saturated carbocycles. The first-order valence-corrected chi connectivity index (χ1v) is 8.75. The van der Waals surface area contributed by atoms with Crippen LogP contribution in [0, 0.1) is 0 Å². The molecule has 0 bridgehead atoms. The molecule has 1 aliphatic heterocycles. The van der Waals surface area contributed by atoms with Gasteiger partial charge in [0, 0.05) is 38.9 Å². The van der Waals surface area contributed by atoms with E-state index in [4.69, 9.17) is 11.6 Å². The van der Waals surface area contributed by atoms with Crippen LogP contribution >= 0.6 is 11.6 Å². The van der Waals surface area contributed by atoms with Crippen molar-refractivity contribution in [2.75, 3.05) is 31.5 Å². The summed E-state index contributed by atoms with van der Waals surface area (Å²) in [6.07, 6.45) is -2.76. The third-order valence-corrected chi connectivity index (χ3v) is 4.64. The summed E-state index contributed by atoms with van der Waals surface area (Å²) in [5.41, 5.74) is 0.0425. The largest absolute Gasteiger partial charge is 0.416 e. The number of rotatable bonds is 3. The Morgan fingerprint density at radius 3 is 2.52 bits per heavy atom. The van der Waals surface area contributed by atoms with Gasteiger partial charge in [-0.05, 0) is 30.3 Å². The topological polar surface area (TPSA) is 48.5 Å². The van der Waals surface area contributed by atoms with Gasteiger partial charge in [-0.15, -0.1) is 0 Å². The molecule has 1 aromatic heterocycles. The number of hydrogen-bond acceptors (Lipinski definition) is 3. The highest BCUT2D eigenvalue weighted by Gasteiger charge is 2.31. The Morgan fingerprint density at radius 2 is 1.89 bits per heavy atom. The molecule has 1 fully saturated rings. The Balaban J connectivity index is 1.57. The number of nitrogens with one attached hydrogen (secondary N) is 1. The van der Waals surface area contributed by atoms with E-state index in [1.165, 1.54) is 0 Å². The van der Waals surface area contributed by atoms with Crippen molar-refractivity contribution in [1.82, 2.24) is 14.8 Å². The molecule has 1 N–H and O–H groups in total. The zero-order valence-electron chi connectivity index (χ0n) is 14.3. The van der Waals surface area contributed by atoms with E-state index in [9.17, 15) is 18.0 Å². The second-order valence-corrected chi connectivity index (χ2v) is 6.61. The smallest absolute Gasteiger partial charge is 0.322 e. The molecule has 3 rings (SSSR count). The van der Waals surface area contributed by atoms with Crippen LogP contribution in [0.4, 0.5) is 23.7 Å². The summed E-state index contributed by atoms with van der Waals surface area (Å²) in [5, 5.41) is 2.54. The monoisotopic (exact) mass is 398 g/mol. The minimum absolute atomic E-state index is 0.0487. The fourth-order valence-electron chi connectivity index (χ4n) is 2.82. The average molecular weight is 399 g/mol. The van der Waals surface area contributed by atoms with E-state index in [1.54, 1.807) is 11.1 Å². The van der Waals surface area contributed by atoms with Crippen molar-refractivity contribution in [3.05, 3.63) is 58.9 Å². The summed E-state index contributed by atoms with van der Waals surface area (Å²) in [7, 11) is 0. The van der Waals surface area contributed by atoms with Gasteiger partial charge in [-0.3, -0.25) is 9.88 Å². The first-order valence-electron chi connectivity index (χ1n) is 8.38. The lowest BCUT2D eigenvalue weighted by molar-refractivity contribution is -0.137. The molecule has 144 valence electrons. The van der Waals surface area contributed by atoms with Crippen molar-refractivity contribution in [3.8, 4) is 0 Å². The van der Waals surface area contributed by atoms with Gasteiger partial charge in [-0.2, -0.15) is 13.2 Å². The van der Waals surface area contributed by atoms with Crippen LogP contribution in [-0.2, 0) is 12.7 Å². The van der Waals surface area contributed by atoms with Crippen molar-refractivity contribution < 1.29 is 18.0 Å². The normalized spacial score (nSPS) is 15.6. The van der Waals surface area contributed by atoms with Crippen LogP contribution in [0.15, 0.2) is 42.6 Å². The van der Waals surface area contributed by atoms with Gasteiger partial charge in [0.15, 0.2) is 0 Å². The molecular weight excluding hydrogens is 381 g/mol. The molecule has 2 amide bonds. The number of aromatic nitrogens is 1. The summed E-state index contributed by atoms with van der Waals surface area (Å²) >= 11 is 5.93. The Kier molecular flexibility index (Phi) is 5.86. The molecule has 1 aliphatic rings. The number of anilines is 1. The summed E-state index contributed by atoms with van der Waals surface area (Å²) in [5.74, 6) is 0. The lowest BCUT2D eigenvalue weighted by Gasteiger charge is -2.34. The highest BCUT2D eigenvalue weighted by molar-refractivity contribution is 6.33. The van der Waals surface area contributed by atoms with Crippen LogP contribution in [0.25, 0.3) is 0 Å². The number of alkyl halides is 3. The van der Waals surface area contributed by atoms with E-state index >= 15 is 0 Å². The number of carbonyl (C=O) groups excluding carboxylic acids is 1. The van der Waals surface area contributed by atoms with E-state index in [0.29, 0.717) is 32.7 Å². The SMILES string of the molecule is O=C(Nc1cc(C(F)(F)F)ccc1Cl)N1CCN(Cc2ccccn2)CC1. The van der Waals surface area contributed by atoms with Gasteiger partial charge >= 0.3 is 12.2 Å². The van der Waals surface area contributed by atoms with Crippen LogP contribution in [0.5, 0.6) is 0 Å². The number of urea groups is 1. The van der Waals surface area contributed by atoms with Gasteiger partial charge in [0.05, 0.1) is 22.0 Å². The number of nitrogens with zero attached hydrogens (tertiary/aromatic N) is 3. The molecule has 0 radical (unpaired) electrons. The molecule has 0 aliphatic carbocycles. The van der Waals surface area contributed by atoms with E-state index in [2.05, 4.69) is 15.2 Å². The van der Waals surface area contributed by atoms with Crippen molar-refractivity contribution in [2.45, 2.75) is 12.7 Å². The predicted octanol–water partition coefficient (Wildman–Crippen LogP) is 4.10. The van der Waals surface area contributed by atoms with Gasteiger partial charge in [-0.1, -0.05) is 17.7 Å². The molecule has 0 atom stereocenters. The van der Waals surface area contributed by atoms with Crippen molar-refractivity contribution in [3.63, 3.8) is 0 Å². The third kappa shape index (κ3) is 5.11. The maximum Gasteiger partial charge on any atom is 0.416 e. The fourth-order valence-corrected chi connectivity index (χ4v) is 2.99. The number of amides is 2. The Morgan fingerprint density at radius 1 is 1.15 bits per heavy atom. The number of piperazine rings is 1. The number of halogens is 4. The van der Waals surface area contributed by atoms with Crippen LogP contribution in [0.3, 0.4) is 0 Å². The van der Waals surface area contributed by atoms with Crippen molar-refractivity contribution in [1.29, 1.82) is 0 Å². The zero-order valence-corrected chi connectivity index (χ0v) is 15.1. The number of benzene rings is 1. The number of pyridine rings is 1. The second-order valence-electron chi connectivity index (χ2n) is 6.21. The van der Waals surface area contributed by atoms with Gasteiger partial charge in [0.25, 0.3) is 0 Å². The van der Waals surface area contributed by atoms with Crippen LogP contribution < -0.4 is 5.32 Å². The maximum absolute atomic E-state index is 12.8. The molecule has 9 heteroatoms. The van der Waals surface area contributed by atoms with E-state index in [0.717, 1.165) is 23.9 Å². The highest BCUT2D eigenvalue weighted by Crippen LogP contribution is 2.33. The molecule has 27 heavy (non-hydrogen) atoms. The van der Waals surface area contributed by atoms with Gasteiger partial charge < -0.3 is 10.2 Å². The molecule has 1 aromatic carbocycles. The first-order chi connectivity index (χ1) is 12.8. The molecule has 0 unspecified atom stereocenters. The zero-order chi connectivity index (χ0) is 19.4. The van der Waals surface area contributed by atoms with E-state index < -0.39 is 17.8 Å². The van der Waals surface area contributed by atoms with Gasteiger partial charge in [0.2, 0.25) is 0 Å². The highest BCUT2D eigenvalue weighted by atomic mass is 35.5. The van der Waals surface area contributed by atoms with Crippen LogP contribution in [0.1, 0.15) is 11.3 Å². The van der Waals surface area contributed by atoms with E-state index in [-0.39, 0.29) is 10.7 Å². The molecule has 1 saturated heterocycles. The quantitative estimate of drug-likeness (QED) is 0.846. The first kappa shape index (κ1) is 19.4. The third-order valence-electron chi connectivity index (χ3n) is 4.31. The Labute approximate surface area is 159 Å². The van der Waals surface area contributed by atoms with E-state index in [1.807, 2.05) is 18.2 Å². The van der Waals surface area contributed by atoms with Crippen molar-refractivity contribution >= 4 is 23.3 Å². The summed E-state index contributed by atoms with van der Waals surface area (Å²) < 4.78 is 38.5. The fraction of sp³-hybridized carbons (Fsp3) is 0.333. The summed E-state index contributed by atoms with van der Waals surface area (Å²) in [4.78, 5) is 20.4. The lowest BCUT2D eigenvalue weighted by Crippen LogP contribution is -2.49.